The van der Waals surface area contributed by atoms with E-state index in [1.165, 1.54) is 41.7 Å². The normalized spacial score (nSPS) is 16.9. The molecule has 115 heavy (non-hydrogen) atoms. The van der Waals surface area contributed by atoms with Crippen molar-refractivity contribution >= 4 is 125 Å². The fourth-order valence-corrected chi connectivity index (χ4v) is 12.6. The maximum atomic E-state index is 14.8. The number of nitrogens with zero attached hydrogens (tertiary/aromatic N) is 4. The van der Waals surface area contributed by atoms with Crippen molar-refractivity contribution in [3.8, 4) is 5.75 Å². The van der Waals surface area contributed by atoms with E-state index in [4.69, 9.17) is 28.0 Å². The molecule has 2 aliphatic heterocycles. The maximum Gasteiger partial charge on any atom is 0.326 e. The van der Waals surface area contributed by atoms with Gasteiger partial charge in [-0.2, -0.15) is 12.6 Å². The molecule has 4 rings (SSSR count). The Kier molecular flexibility index (Phi) is 39.1. The van der Waals surface area contributed by atoms with Crippen molar-refractivity contribution in [2.24, 2.45) is 39.8 Å². The number of aliphatic carboxylic acids is 4. The van der Waals surface area contributed by atoms with Crippen LogP contribution in [0.5, 0.6) is 5.75 Å². The van der Waals surface area contributed by atoms with Crippen LogP contribution in [0.1, 0.15) is 136 Å². The first-order valence-electron chi connectivity index (χ1n) is 37.0. The second kappa shape index (κ2) is 47.0. The number of carboxylic acids is 4. The number of rotatable bonds is 49. The second-order valence-corrected chi connectivity index (χ2v) is 28.9. The number of phenols is 1. The molecule has 14 amide bonds. The number of hydrogen-bond donors (Lipinski definition) is 23. The first-order chi connectivity index (χ1) is 54.1. The molecule has 0 spiro atoms. The Balaban J connectivity index is 1.52. The molecular weight excluding hydrogens is 1540 g/mol. The Morgan fingerprint density at radius 3 is 1.52 bits per heavy atom. The summed E-state index contributed by atoms with van der Waals surface area (Å²) in [6.45, 7) is 6.91. The number of guanidine groups is 1. The molecule has 0 unspecified atom stereocenters. The number of hydrogen-bond acceptors (Lipinski definition) is 24. The number of aliphatic hydroxyl groups is 1. The third-order valence-electron chi connectivity index (χ3n) is 18.2. The highest BCUT2D eigenvalue weighted by Crippen LogP contribution is 2.24. The summed E-state index contributed by atoms with van der Waals surface area (Å²) in [5.41, 5.74) is 23.9. The Morgan fingerprint density at radius 2 is 1.03 bits per heavy atom. The van der Waals surface area contributed by atoms with Gasteiger partial charge < -0.3 is 127 Å². The molecule has 3 heterocycles. The lowest BCUT2D eigenvalue weighted by Crippen LogP contribution is -2.61. The zero-order chi connectivity index (χ0) is 86.1. The van der Waals surface area contributed by atoms with Gasteiger partial charge in [-0.05, 0) is 101 Å². The molecule has 2 saturated heterocycles. The molecule has 0 saturated carbocycles. The van der Waals surface area contributed by atoms with Gasteiger partial charge >= 0.3 is 23.9 Å². The number of H-pyrrole nitrogens is 1. The Hall–Kier alpha value is -11.8. The van der Waals surface area contributed by atoms with E-state index in [0.717, 1.165) is 11.8 Å². The number of benzene rings is 1. The van der Waals surface area contributed by atoms with E-state index in [1.807, 2.05) is 5.32 Å². The lowest BCUT2D eigenvalue weighted by Gasteiger charge is -2.32. The molecule has 2 aromatic rings. The number of carbonyl (C=O) groups excluding carboxylic acids is 14. The van der Waals surface area contributed by atoms with E-state index < -0.39 is 236 Å². The lowest BCUT2D eigenvalue weighted by molar-refractivity contribution is -0.147. The van der Waals surface area contributed by atoms with E-state index >= 15 is 0 Å². The summed E-state index contributed by atoms with van der Waals surface area (Å²) in [5.74, 6) is -22.0. The number of aromatic hydroxyl groups is 1. The quantitative estimate of drug-likeness (QED) is 0.0127. The van der Waals surface area contributed by atoms with E-state index in [9.17, 15) is 112 Å². The largest absolute Gasteiger partial charge is 0.508 e. The highest BCUT2D eigenvalue weighted by Gasteiger charge is 2.44. The third-order valence-corrected chi connectivity index (χ3v) is 18.5. The van der Waals surface area contributed by atoms with E-state index in [2.05, 4.69) is 80.8 Å². The standard InChI is InChI=1S/C70H106N20O24S/c1-33(2)23-43(84-63(107)48(31-115)79-52(94)30-77-58(102)44(25-36-12-14-38(92)15-13-36)83-57(101)39(71)26-37-29-75-32-78-37)62(106)85-45(24-34(3)4)67(111)89-21-7-10-49(89)64(108)80-40(9-6-20-76-70(73)74)59(103)86-46(27-51(72)93)68(112)90-22-8-11-50(90)65(109)81-42(17-19-54(97)98)61(105)88-56(35(5)91)66(110)82-41(16-18-53(95)96)60(104)87-47(69(113)114)28-55(99)100/h12-15,29,32-35,39-50,56,91-92,115H,6-11,16-28,30-31,71H2,1-5H3,(H2,72,93)(H,75,78)(H,77,102)(H,79,94)(H,80,108)(H,81,109)(H,82,110)(H,83,101)(H,84,107)(H,85,106)(H,86,103)(H,87,104)(H,88,105)(H,95,96)(H,97,98)(H,99,100)(H,113,114)(H4,73,74,76)/t35-,39+,40+,41+,42+,43+,44+,45+,46+,47+,48+,49+,50+,56+/m1/s1. The molecule has 0 aliphatic carbocycles. The van der Waals surface area contributed by atoms with Gasteiger partial charge in [0.15, 0.2) is 5.96 Å². The average molecular weight is 1640 g/mol. The summed E-state index contributed by atoms with van der Waals surface area (Å²) in [5, 5.41) is 84.4. The molecule has 2 fully saturated rings. The van der Waals surface area contributed by atoms with Crippen LogP contribution in [0.25, 0.3) is 0 Å². The van der Waals surface area contributed by atoms with Crippen LogP contribution in [0.2, 0.25) is 0 Å². The summed E-state index contributed by atoms with van der Waals surface area (Å²) in [6.07, 6.45) is -4.32. The van der Waals surface area contributed by atoms with Gasteiger partial charge in [0, 0.05) is 63.0 Å². The zero-order valence-electron chi connectivity index (χ0n) is 64.1. The fraction of sp³-hybridized carbons (Fsp3) is 0.600. The molecule has 45 heteroatoms. The van der Waals surface area contributed by atoms with Crippen LogP contribution < -0.4 is 81.4 Å². The lowest BCUT2D eigenvalue weighted by atomic mass is 9.99. The number of imidazole rings is 1. The minimum Gasteiger partial charge on any atom is -0.508 e. The summed E-state index contributed by atoms with van der Waals surface area (Å²) >= 11 is 4.27. The number of aromatic nitrogens is 2. The second-order valence-electron chi connectivity index (χ2n) is 28.6. The number of phenolic OH excluding ortho intramolecular Hbond substituents is 1. The van der Waals surface area contributed by atoms with E-state index in [1.54, 1.807) is 27.7 Å². The third kappa shape index (κ3) is 32.7. The molecular formula is C70H106N20O24S. The summed E-state index contributed by atoms with van der Waals surface area (Å²) in [4.78, 5) is 255. The minimum absolute atomic E-state index is 0.00140. The van der Waals surface area contributed by atoms with Crippen LogP contribution in [0.3, 0.4) is 0 Å². The van der Waals surface area contributed by atoms with Crippen molar-refractivity contribution in [1.82, 2.24) is 78.3 Å². The summed E-state index contributed by atoms with van der Waals surface area (Å²) in [7, 11) is 0. The molecule has 26 N–H and O–H groups in total. The number of thiol groups is 1. The number of aromatic amines is 1. The number of carbonyl (C=O) groups is 18. The van der Waals surface area contributed by atoms with Crippen molar-refractivity contribution in [3.63, 3.8) is 0 Å². The SMILES string of the molecule is CC(C)C[C@H](NC(=O)[C@H](CS)NC(=O)CNC(=O)[C@H](Cc1ccc(O)cc1)NC(=O)[C@@H](N)Cc1cnc[nH]1)C(=O)N[C@@H](CC(C)C)C(=O)N1CCC[C@H]1C(=O)N[C@@H](CCCN=C(N)N)C(=O)N[C@@H](CC(N)=O)C(=O)N1CCC[C@H]1C(=O)N[C@@H](CCC(=O)O)C(=O)N[C@H](C(=O)N[C@@H](CCC(=O)O)C(=O)N[C@@H](CC(=O)O)C(=O)O)[C@@H](C)O. The van der Waals surface area contributed by atoms with Gasteiger partial charge in [0.05, 0.1) is 37.9 Å². The maximum absolute atomic E-state index is 14.8. The predicted octanol–water partition coefficient (Wildman–Crippen LogP) is -7.21. The van der Waals surface area contributed by atoms with Crippen molar-refractivity contribution in [2.75, 3.05) is 31.9 Å². The number of amides is 14. The van der Waals surface area contributed by atoms with Gasteiger partial charge in [-0.1, -0.05) is 39.8 Å². The van der Waals surface area contributed by atoms with Crippen LogP contribution in [0, 0.1) is 11.8 Å². The molecule has 2 aliphatic rings. The number of nitrogens with two attached hydrogens (primary N) is 4. The van der Waals surface area contributed by atoms with E-state index in [0.29, 0.717) is 11.3 Å². The topological polar surface area (TPSA) is 713 Å². The first-order valence-corrected chi connectivity index (χ1v) is 37.7. The number of nitrogens with one attached hydrogen (secondary N) is 12. The Labute approximate surface area is 665 Å². The van der Waals surface area contributed by atoms with Gasteiger partial charge in [-0.3, -0.25) is 86.5 Å². The number of primary amides is 1. The fourth-order valence-electron chi connectivity index (χ4n) is 12.4. The molecule has 1 aromatic heterocycles. The monoisotopic (exact) mass is 1640 g/mol. The molecule has 14 atom stereocenters. The summed E-state index contributed by atoms with van der Waals surface area (Å²) in [6, 6.07) is -15.0. The van der Waals surface area contributed by atoms with Crippen LogP contribution in [-0.4, -0.2) is 280 Å². The van der Waals surface area contributed by atoms with Crippen LogP contribution >= 0.6 is 12.6 Å². The Bertz CT molecular complexity index is 3810. The van der Waals surface area contributed by atoms with Crippen molar-refractivity contribution in [3.05, 3.63) is 48.0 Å². The van der Waals surface area contributed by atoms with Crippen molar-refractivity contribution in [1.29, 1.82) is 0 Å². The van der Waals surface area contributed by atoms with Gasteiger partial charge in [0.25, 0.3) is 0 Å². The molecule has 0 radical (unpaired) electrons. The summed E-state index contributed by atoms with van der Waals surface area (Å²) < 4.78 is 0. The number of aliphatic imine (C=N–C) groups is 1. The minimum atomic E-state index is -2.08. The predicted molar refractivity (Wildman–Crippen MR) is 406 cm³/mol. The molecule has 0 bridgehead atoms. The molecule has 44 nitrogen and oxygen atoms in total. The molecule has 636 valence electrons. The number of likely N-dealkylation sites (tertiary alicyclic amines) is 2. The van der Waals surface area contributed by atoms with Gasteiger partial charge in [-0.15, -0.1) is 0 Å². The van der Waals surface area contributed by atoms with E-state index in [-0.39, 0.29) is 113 Å². The first kappa shape index (κ1) is 95.6. The van der Waals surface area contributed by atoms with Crippen LogP contribution in [0.4, 0.5) is 0 Å². The number of carboxylic acid groups (broad SMARTS) is 4. The highest BCUT2D eigenvalue weighted by atomic mass is 32.1. The average Bonchev–Trinajstić information content (AvgIpc) is 1.72. The zero-order valence-corrected chi connectivity index (χ0v) is 65.0. The smallest absolute Gasteiger partial charge is 0.326 e. The Morgan fingerprint density at radius 1 is 0.548 bits per heavy atom. The number of aliphatic hydroxyl groups excluding tert-OH is 1. The molecule has 1 aromatic carbocycles. The highest BCUT2D eigenvalue weighted by molar-refractivity contribution is 7.80. The van der Waals surface area contributed by atoms with Crippen LogP contribution in [0.15, 0.2) is 41.8 Å². The van der Waals surface area contributed by atoms with Gasteiger partial charge in [0.1, 0.15) is 78.3 Å². The van der Waals surface area contributed by atoms with Gasteiger partial charge in [-0.25, -0.2) is 9.78 Å². The van der Waals surface area contributed by atoms with Crippen LogP contribution in [-0.2, 0) is 99.1 Å². The van der Waals surface area contributed by atoms with Crippen molar-refractivity contribution in [2.45, 2.75) is 222 Å². The van der Waals surface area contributed by atoms with Crippen molar-refractivity contribution < 1.29 is 117 Å². The van der Waals surface area contributed by atoms with Gasteiger partial charge in [0.2, 0.25) is 82.7 Å².